The maximum atomic E-state index is 13.9. The van der Waals surface area contributed by atoms with Crippen molar-refractivity contribution < 1.29 is 23.9 Å². The Kier molecular flexibility index (Phi) is 9.61. The van der Waals surface area contributed by atoms with E-state index in [9.17, 15) is 14.4 Å². The third-order valence-electron chi connectivity index (χ3n) is 8.76. The van der Waals surface area contributed by atoms with E-state index in [-0.39, 0.29) is 41.9 Å². The number of ether oxygens (including phenoxy) is 2. The fourth-order valence-corrected chi connectivity index (χ4v) is 6.42. The molecule has 3 aliphatic rings. The highest BCUT2D eigenvalue weighted by atomic mass is 35.5. The third-order valence-corrected chi connectivity index (χ3v) is 9.49. The van der Waals surface area contributed by atoms with Crippen LogP contribution in [0.3, 0.4) is 0 Å². The van der Waals surface area contributed by atoms with Crippen LogP contribution in [-0.2, 0) is 14.3 Å². The zero-order valence-corrected chi connectivity index (χ0v) is 26.7. The number of carbonyl (C=O) groups is 3. The van der Waals surface area contributed by atoms with E-state index < -0.39 is 0 Å². The molecule has 0 unspecified atom stereocenters. The molecule has 0 radical (unpaired) electrons. The fraction of sp³-hybridized carbons (Fsp3) is 0.382. The topological polar surface area (TPSA) is 82.6 Å². The minimum atomic E-state index is -0.332. The molecule has 0 bridgehead atoms. The van der Waals surface area contributed by atoms with E-state index in [0.717, 1.165) is 55.7 Å². The molecule has 11 heteroatoms. The average molecular weight is 652 g/mol. The summed E-state index contributed by atoms with van der Waals surface area (Å²) in [4.78, 5) is 47.0. The quantitative estimate of drug-likeness (QED) is 0.335. The van der Waals surface area contributed by atoms with E-state index >= 15 is 0 Å². The summed E-state index contributed by atoms with van der Waals surface area (Å²) in [5.74, 6) is -0.0767. The summed E-state index contributed by atoms with van der Waals surface area (Å²) in [5.41, 5.74) is 4.05. The molecule has 45 heavy (non-hydrogen) atoms. The Morgan fingerprint density at radius 3 is 2.36 bits per heavy atom. The summed E-state index contributed by atoms with van der Waals surface area (Å²) < 4.78 is 11.1. The summed E-state index contributed by atoms with van der Waals surface area (Å²) in [6.07, 6.45) is 2.11. The van der Waals surface area contributed by atoms with Gasteiger partial charge in [0.15, 0.2) is 6.61 Å². The molecular formula is C34H36Cl2N4O5. The molecule has 3 aromatic rings. The van der Waals surface area contributed by atoms with Gasteiger partial charge >= 0.3 is 0 Å². The van der Waals surface area contributed by atoms with Gasteiger partial charge in [-0.25, -0.2) is 0 Å². The van der Waals surface area contributed by atoms with Crippen LogP contribution in [0.5, 0.6) is 5.75 Å². The minimum Gasteiger partial charge on any atom is -0.482 e. The van der Waals surface area contributed by atoms with Crippen LogP contribution in [0.4, 0.5) is 5.69 Å². The first kappa shape index (κ1) is 31.4. The molecule has 3 aliphatic heterocycles. The van der Waals surface area contributed by atoms with Gasteiger partial charge in [0.1, 0.15) is 12.3 Å². The molecule has 0 spiro atoms. The number of amides is 3. The van der Waals surface area contributed by atoms with Crippen molar-refractivity contribution in [1.82, 2.24) is 14.7 Å². The van der Waals surface area contributed by atoms with Crippen LogP contribution in [0, 0.1) is 0 Å². The van der Waals surface area contributed by atoms with E-state index in [1.165, 1.54) is 4.90 Å². The number of fused-ring (bicyclic) bond motifs is 1. The molecule has 236 valence electrons. The van der Waals surface area contributed by atoms with Crippen molar-refractivity contribution in [3.05, 3.63) is 81.8 Å². The monoisotopic (exact) mass is 650 g/mol. The molecular weight excluding hydrogens is 615 g/mol. The number of likely N-dealkylation sites (tertiary alicyclic amines) is 1. The highest BCUT2D eigenvalue weighted by molar-refractivity contribution is 6.42. The van der Waals surface area contributed by atoms with Crippen LogP contribution in [-0.4, -0.2) is 98.6 Å². The lowest BCUT2D eigenvalue weighted by Crippen LogP contribution is -2.48. The first-order valence-corrected chi connectivity index (χ1v) is 16.0. The van der Waals surface area contributed by atoms with Crippen molar-refractivity contribution in [2.75, 3.05) is 71.0 Å². The first-order chi connectivity index (χ1) is 21.8. The molecule has 1 atom stereocenters. The van der Waals surface area contributed by atoms with E-state index in [1.807, 2.05) is 47.4 Å². The van der Waals surface area contributed by atoms with E-state index in [2.05, 4.69) is 11.0 Å². The number of anilines is 1. The normalized spacial score (nSPS) is 17.5. The molecule has 2 fully saturated rings. The highest BCUT2D eigenvalue weighted by Gasteiger charge is 2.32. The van der Waals surface area contributed by atoms with Crippen LogP contribution in [0.2, 0.25) is 10.0 Å². The number of halogens is 2. The lowest BCUT2D eigenvalue weighted by molar-refractivity contribution is -0.133. The smallest absolute Gasteiger partial charge is 0.265 e. The van der Waals surface area contributed by atoms with Crippen molar-refractivity contribution >= 4 is 46.6 Å². The van der Waals surface area contributed by atoms with Crippen molar-refractivity contribution in [3.8, 4) is 16.9 Å². The van der Waals surface area contributed by atoms with Gasteiger partial charge in [0.2, 0.25) is 5.91 Å². The van der Waals surface area contributed by atoms with Gasteiger partial charge in [-0.3, -0.25) is 24.2 Å². The van der Waals surface area contributed by atoms with Crippen molar-refractivity contribution in [1.29, 1.82) is 0 Å². The Hall–Kier alpha value is -3.63. The van der Waals surface area contributed by atoms with Crippen LogP contribution < -0.4 is 9.64 Å². The number of likely N-dealkylation sites (N-methyl/N-ethyl adjacent to an activating group) is 1. The van der Waals surface area contributed by atoms with E-state index in [4.69, 9.17) is 32.7 Å². The molecule has 3 amide bonds. The Balaban J connectivity index is 1.25. The number of hydrogen-bond donors (Lipinski definition) is 0. The van der Waals surface area contributed by atoms with Gasteiger partial charge in [-0.05, 0) is 53.8 Å². The maximum Gasteiger partial charge on any atom is 0.265 e. The Morgan fingerprint density at radius 1 is 0.911 bits per heavy atom. The van der Waals surface area contributed by atoms with Crippen molar-refractivity contribution in [3.63, 3.8) is 0 Å². The largest absolute Gasteiger partial charge is 0.482 e. The predicted octanol–water partition coefficient (Wildman–Crippen LogP) is 5.15. The van der Waals surface area contributed by atoms with Gasteiger partial charge in [-0.1, -0.05) is 53.5 Å². The molecule has 0 saturated carbocycles. The van der Waals surface area contributed by atoms with Gasteiger partial charge in [-0.2, -0.15) is 0 Å². The maximum absolute atomic E-state index is 13.9. The summed E-state index contributed by atoms with van der Waals surface area (Å²) in [7, 11) is 1.78. The summed E-state index contributed by atoms with van der Waals surface area (Å²) >= 11 is 12.4. The number of benzene rings is 3. The van der Waals surface area contributed by atoms with Gasteiger partial charge in [0, 0.05) is 51.4 Å². The standard InChI is InChI=1S/C34H36Cl2N4O5/c1-37(32(41)21-40-29-18-27(35)28(36)19-31(29)45-22-33(40)42)30(20-38-13-15-44-16-14-38)26-6-4-5-25(17-26)23-7-9-24(10-8-23)34(43)39-11-2-3-12-39/h4-10,17-19,30H,2-3,11-16,20-22H2,1H3/t30-/m1/s1. The Morgan fingerprint density at radius 2 is 1.62 bits per heavy atom. The van der Waals surface area contributed by atoms with Gasteiger partial charge < -0.3 is 19.3 Å². The van der Waals surface area contributed by atoms with Crippen LogP contribution in [0.1, 0.15) is 34.8 Å². The molecule has 9 nitrogen and oxygen atoms in total. The van der Waals surface area contributed by atoms with Gasteiger partial charge in [0.05, 0.1) is 35.0 Å². The predicted molar refractivity (Wildman–Crippen MR) is 174 cm³/mol. The van der Waals surface area contributed by atoms with Crippen LogP contribution >= 0.6 is 23.2 Å². The average Bonchev–Trinajstić information content (AvgIpc) is 3.61. The summed E-state index contributed by atoms with van der Waals surface area (Å²) in [6.45, 7) is 4.66. The lowest BCUT2D eigenvalue weighted by Gasteiger charge is -2.37. The molecule has 3 aromatic carbocycles. The Bertz CT molecular complexity index is 1570. The molecule has 0 aromatic heterocycles. The summed E-state index contributed by atoms with van der Waals surface area (Å²) in [6, 6.07) is 18.7. The lowest BCUT2D eigenvalue weighted by atomic mass is 9.97. The molecule has 2 saturated heterocycles. The SMILES string of the molecule is CN(C(=O)CN1C(=O)COc2cc(Cl)c(Cl)cc21)[C@H](CN1CCOCC1)c1cccc(-c2ccc(C(=O)N3CCCC3)cc2)c1. The van der Waals surface area contributed by atoms with Crippen LogP contribution in [0.15, 0.2) is 60.7 Å². The first-order valence-electron chi connectivity index (χ1n) is 15.3. The van der Waals surface area contributed by atoms with Crippen molar-refractivity contribution in [2.24, 2.45) is 0 Å². The van der Waals surface area contributed by atoms with Gasteiger partial charge in [0.25, 0.3) is 11.8 Å². The second-order valence-corrected chi connectivity index (χ2v) is 12.5. The Labute approximate surface area is 273 Å². The number of hydrogen-bond acceptors (Lipinski definition) is 6. The number of morpholine rings is 1. The second kappa shape index (κ2) is 13.8. The van der Waals surface area contributed by atoms with Crippen LogP contribution in [0.25, 0.3) is 11.1 Å². The van der Waals surface area contributed by atoms with Crippen molar-refractivity contribution in [2.45, 2.75) is 18.9 Å². The number of rotatable bonds is 8. The highest BCUT2D eigenvalue weighted by Crippen LogP contribution is 2.39. The second-order valence-electron chi connectivity index (χ2n) is 11.6. The zero-order valence-electron chi connectivity index (χ0n) is 25.2. The summed E-state index contributed by atoms with van der Waals surface area (Å²) in [5, 5.41) is 0.585. The number of carbonyl (C=O) groups excluding carboxylic acids is 3. The third kappa shape index (κ3) is 6.97. The van der Waals surface area contributed by atoms with E-state index in [0.29, 0.717) is 41.8 Å². The van der Waals surface area contributed by atoms with Gasteiger partial charge in [-0.15, -0.1) is 0 Å². The molecule has 6 rings (SSSR count). The molecule has 3 heterocycles. The minimum absolute atomic E-state index is 0.0743. The molecule has 0 N–H and O–H groups in total. The zero-order chi connectivity index (χ0) is 31.5. The number of nitrogens with zero attached hydrogens (tertiary/aromatic N) is 4. The molecule has 0 aliphatic carbocycles. The fourth-order valence-electron chi connectivity index (χ4n) is 6.10. The van der Waals surface area contributed by atoms with E-state index in [1.54, 1.807) is 24.1 Å².